The van der Waals surface area contributed by atoms with Gasteiger partial charge in [0, 0.05) is 17.0 Å². The number of hydrogen-bond acceptors (Lipinski definition) is 3. The van der Waals surface area contributed by atoms with Crippen molar-refractivity contribution in [1.82, 2.24) is 0 Å². The monoisotopic (exact) mass is 318 g/mol. The van der Waals surface area contributed by atoms with E-state index in [9.17, 15) is 0 Å². The molecule has 0 saturated heterocycles. The van der Waals surface area contributed by atoms with Crippen LogP contribution in [0.5, 0.6) is 23.0 Å². The van der Waals surface area contributed by atoms with Crippen LogP contribution in [0.25, 0.3) is 0 Å². The maximum atomic E-state index is 6.10. The molecule has 1 aliphatic rings. The van der Waals surface area contributed by atoms with Crippen LogP contribution in [-0.2, 0) is 0 Å². The highest BCUT2D eigenvalue weighted by Gasteiger charge is 2.29. The molecular weight excluding hydrogens is 300 g/mol. The minimum atomic E-state index is 0.0788. The lowest BCUT2D eigenvalue weighted by atomic mass is 9.82. The van der Waals surface area contributed by atoms with Crippen LogP contribution in [0, 0.1) is 0 Å². The second-order valence-corrected chi connectivity index (χ2v) is 5.75. The van der Waals surface area contributed by atoms with Gasteiger partial charge in [-0.2, -0.15) is 0 Å². The molecule has 1 heterocycles. The molecule has 3 heteroatoms. The van der Waals surface area contributed by atoms with Gasteiger partial charge in [-0.25, -0.2) is 0 Å². The van der Waals surface area contributed by atoms with E-state index in [2.05, 4.69) is 24.3 Å². The van der Waals surface area contributed by atoms with E-state index in [0.29, 0.717) is 0 Å². The molecule has 4 rings (SSSR count). The van der Waals surface area contributed by atoms with Gasteiger partial charge in [0.1, 0.15) is 23.0 Å². The molecule has 3 aromatic rings. The van der Waals surface area contributed by atoms with Gasteiger partial charge in [-0.05, 0) is 42.0 Å². The minimum absolute atomic E-state index is 0.0788. The summed E-state index contributed by atoms with van der Waals surface area (Å²) in [7, 11) is 3.37. The normalized spacial score (nSPS) is 15.0. The molecule has 3 nitrogen and oxygen atoms in total. The molecule has 24 heavy (non-hydrogen) atoms. The average molecular weight is 318 g/mol. The second kappa shape index (κ2) is 5.93. The van der Waals surface area contributed by atoms with Crippen molar-refractivity contribution in [2.75, 3.05) is 14.2 Å². The van der Waals surface area contributed by atoms with E-state index in [-0.39, 0.29) is 5.92 Å². The molecule has 1 unspecified atom stereocenters. The Labute approximate surface area is 141 Å². The van der Waals surface area contributed by atoms with Gasteiger partial charge in [0.2, 0.25) is 0 Å². The van der Waals surface area contributed by atoms with Gasteiger partial charge in [-0.3, -0.25) is 0 Å². The van der Waals surface area contributed by atoms with Gasteiger partial charge in [0.15, 0.2) is 0 Å². The lowest BCUT2D eigenvalue weighted by molar-refractivity contribution is 0.408. The molecule has 1 atom stereocenters. The first-order valence-corrected chi connectivity index (χ1v) is 7.89. The SMILES string of the molecule is COc1cccc(C2c3ccccc3Oc3ccc(OC)cc32)c1. The van der Waals surface area contributed by atoms with Crippen molar-refractivity contribution in [3.05, 3.63) is 83.4 Å². The van der Waals surface area contributed by atoms with Gasteiger partial charge in [-0.1, -0.05) is 30.3 Å². The summed E-state index contributed by atoms with van der Waals surface area (Å²) < 4.78 is 16.9. The van der Waals surface area contributed by atoms with Gasteiger partial charge in [0.05, 0.1) is 14.2 Å². The molecule has 0 spiro atoms. The number of rotatable bonds is 3. The quantitative estimate of drug-likeness (QED) is 0.532. The highest BCUT2D eigenvalue weighted by molar-refractivity contribution is 5.60. The summed E-state index contributed by atoms with van der Waals surface area (Å²) in [6.07, 6.45) is 0. The molecule has 0 aromatic heterocycles. The van der Waals surface area contributed by atoms with E-state index in [1.54, 1.807) is 14.2 Å². The summed E-state index contributed by atoms with van der Waals surface area (Å²) in [5.41, 5.74) is 3.41. The predicted octanol–water partition coefficient (Wildman–Crippen LogP) is 4.99. The van der Waals surface area contributed by atoms with Crippen LogP contribution < -0.4 is 14.2 Å². The Balaban J connectivity index is 1.94. The maximum Gasteiger partial charge on any atom is 0.131 e. The summed E-state index contributed by atoms with van der Waals surface area (Å²) in [6, 6.07) is 22.3. The number of hydrogen-bond donors (Lipinski definition) is 0. The largest absolute Gasteiger partial charge is 0.497 e. The molecule has 0 amide bonds. The zero-order valence-electron chi connectivity index (χ0n) is 13.7. The van der Waals surface area contributed by atoms with Gasteiger partial charge < -0.3 is 14.2 Å². The van der Waals surface area contributed by atoms with Crippen LogP contribution in [0.1, 0.15) is 22.6 Å². The first kappa shape index (κ1) is 14.6. The number of ether oxygens (including phenoxy) is 3. The van der Waals surface area contributed by atoms with Gasteiger partial charge in [-0.15, -0.1) is 0 Å². The molecule has 0 bridgehead atoms. The number of para-hydroxylation sites is 1. The fraction of sp³-hybridized carbons (Fsp3) is 0.143. The molecule has 0 radical (unpaired) electrons. The topological polar surface area (TPSA) is 27.7 Å². The molecule has 0 N–H and O–H groups in total. The molecule has 0 saturated carbocycles. The Morgan fingerprint density at radius 3 is 2.29 bits per heavy atom. The van der Waals surface area contributed by atoms with Crippen molar-refractivity contribution in [2.24, 2.45) is 0 Å². The average Bonchev–Trinajstić information content (AvgIpc) is 2.65. The summed E-state index contributed by atoms with van der Waals surface area (Å²) in [5.74, 6) is 3.51. The van der Waals surface area contributed by atoms with Crippen molar-refractivity contribution < 1.29 is 14.2 Å². The summed E-state index contributed by atoms with van der Waals surface area (Å²) in [5, 5.41) is 0. The maximum absolute atomic E-state index is 6.10. The molecule has 1 aliphatic heterocycles. The smallest absolute Gasteiger partial charge is 0.131 e. The third-order valence-corrected chi connectivity index (χ3v) is 4.41. The van der Waals surface area contributed by atoms with E-state index in [4.69, 9.17) is 14.2 Å². The van der Waals surface area contributed by atoms with Crippen molar-refractivity contribution in [3.8, 4) is 23.0 Å². The zero-order chi connectivity index (χ0) is 16.5. The van der Waals surface area contributed by atoms with Crippen LogP contribution in [0.3, 0.4) is 0 Å². The number of methoxy groups -OCH3 is 2. The van der Waals surface area contributed by atoms with Gasteiger partial charge >= 0.3 is 0 Å². The van der Waals surface area contributed by atoms with Crippen molar-refractivity contribution in [2.45, 2.75) is 5.92 Å². The van der Waals surface area contributed by atoms with E-state index >= 15 is 0 Å². The van der Waals surface area contributed by atoms with Crippen LogP contribution in [0.4, 0.5) is 0 Å². The molecular formula is C21H18O3. The highest BCUT2D eigenvalue weighted by atomic mass is 16.5. The first-order chi connectivity index (χ1) is 11.8. The van der Waals surface area contributed by atoms with Crippen LogP contribution >= 0.6 is 0 Å². The highest BCUT2D eigenvalue weighted by Crippen LogP contribution is 2.48. The third-order valence-electron chi connectivity index (χ3n) is 4.41. The lowest BCUT2D eigenvalue weighted by Crippen LogP contribution is -2.11. The van der Waals surface area contributed by atoms with Gasteiger partial charge in [0.25, 0.3) is 0 Å². The van der Waals surface area contributed by atoms with E-state index in [1.807, 2.05) is 42.5 Å². The Bertz CT molecular complexity index is 886. The summed E-state index contributed by atoms with van der Waals surface area (Å²) >= 11 is 0. The van der Waals surface area contributed by atoms with Crippen LogP contribution in [0.2, 0.25) is 0 Å². The van der Waals surface area contributed by atoms with Crippen molar-refractivity contribution >= 4 is 0 Å². The molecule has 0 aliphatic carbocycles. The van der Waals surface area contributed by atoms with E-state index in [1.165, 1.54) is 5.56 Å². The van der Waals surface area contributed by atoms with Crippen LogP contribution in [0.15, 0.2) is 66.7 Å². The lowest BCUT2D eigenvalue weighted by Gasteiger charge is -2.29. The Morgan fingerprint density at radius 2 is 1.46 bits per heavy atom. The van der Waals surface area contributed by atoms with E-state index in [0.717, 1.165) is 34.1 Å². The number of benzene rings is 3. The van der Waals surface area contributed by atoms with Crippen molar-refractivity contribution in [1.29, 1.82) is 0 Å². The third kappa shape index (κ3) is 2.38. The predicted molar refractivity (Wildman–Crippen MR) is 93.4 cm³/mol. The molecule has 3 aromatic carbocycles. The zero-order valence-corrected chi connectivity index (χ0v) is 13.7. The molecule has 0 fully saturated rings. The Hall–Kier alpha value is -2.94. The Kier molecular flexibility index (Phi) is 3.62. The Morgan fingerprint density at radius 1 is 0.708 bits per heavy atom. The second-order valence-electron chi connectivity index (χ2n) is 5.75. The van der Waals surface area contributed by atoms with E-state index < -0.39 is 0 Å². The minimum Gasteiger partial charge on any atom is -0.497 e. The van der Waals surface area contributed by atoms with Crippen molar-refractivity contribution in [3.63, 3.8) is 0 Å². The first-order valence-electron chi connectivity index (χ1n) is 7.89. The summed E-state index contributed by atoms with van der Waals surface area (Å²) in [6.45, 7) is 0. The molecule has 120 valence electrons. The standard InChI is InChI=1S/C21H18O3/c1-22-15-7-5-6-14(12-15)21-17-8-3-4-9-19(17)24-20-11-10-16(23-2)13-18(20)21/h3-13,21H,1-2H3. The fourth-order valence-electron chi connectivity index (χ4n) is 3.25. The fourth-order valence-corrected chi connectivity index (χ4v) is 3.25. The van der Waals surface area contributed by atoms with Crippen LogP contribution in [-0.4, -0.2) is 14.2 Å². The number of fused-ring (bicyclic) bond motifs is 2. The summed E-state index contributed by atoms with van der Waals surface area (Å²) in [4.78, 5) is 0.